The van der Waals surface area contributed by atoms with Gasteiger partial charge < -0.3 is 9.64 Å². The van der Waals surface area contributed by atoms with Crippen LogP contribution in [0.5, 0.6) is 5.88 Å². The minimum atomic E-state index is 0.206. The molecule has 0 bridgehead atoms. The average molecular weight is 284 g/mol. The third-order valence-electron chi connectivity index (χ3n) is 3.87. The van der Waals surface area contributed by atoms with Gasteiger partial charge >= 0.3 is 0 Å². The second-order valence-corrected chi connectivity index (χ2v) is 5.95. The van der Waals surface area contributed by atoms with E-state index in [9.17, 15) is 0 Å². The molecule has 1 atom stereocenters. The summed E-state index contributed by atoms with van der Waals surface area (Å²) in [7, 11) is 0. The number of hydrogen-bond acceptors (Lipinski definition) is 5. The van der Waals surface area contributed by atoms with E-state index in [0.29, 0.717) is 18.5 Å². The van der Waals surface area contributed by atoms with Crippen molar-refractivity contribution in [3.8, 4) is 5.88 Å². The molecule has 1 unspecified atom stereocenters. The van der Waals surface area contributed by atoms with E-state index in [1.807, 2.05) is 25.4 Å². The molecule has 0 aliphatic carbocycles. The van der Waals surface area contributed by atoms with Gasteiger partial charge in [0.2, 0.25) is 5.88 Å². The van der Waals surface area contributed by atoms with Gasteiger partial charge in [-0.3, -0.25) is 4.98 Å². The van der Waals surface area contributed by atoms with E-state index in [0.717, 1.165) is 12.4 Å². The number of pyridine rings is 1. The van der Waals surface area contributed by atoms with E-state index in [2.05, 4.69) is 45.8 Å². The molecule has 1 saturated heterocycles. The fourth-order valence-corrected chi connectivity index (χ4v) is 3.03. The molecule has 2 aromatic heterocycles. The predicted octanol–water partition coefficient (Wildman–Crippen LogP) is 2.86. The normalized spacial score (nSPS) is 20.0. The number of hydrogen-bond donors (Lipinski definition) is 0. The molecular formula is C16H20N4O. The first-order valence-electron chi connectivity index (χ1n) is 7.23. The van der Waals surface area contributed by atoms with Crippen molar-refractivity contribution >= 4 is 5.82 Å². The van der Waals surface area contributed by atoms with E-state index in [-0.39, 0.29) is 5.41 Å². The molecule has 1 fully saturated rings. The smallest absolute Gasteiger partial charge is 0.218 e. The highest BCUT2D eigenvalue weighted by Crippen LogP contribution is 2.49. The Kier molecular flexibility index (Phi) is 3.49. The van der Waals surface area contributed by atoms with Crippen molar-refractivity contribution in [3.05, 3.63) is 42.5 Å². The third-order valence-corrected chi connectivity index (χ3v) is 3.87. The Balaban J connectivity index is 1.90. The van der Waals surface area contributed by atoms with Gasteiger partial charge in [0, 0.05) is 30.4 Å². The molecule has 1 aliphatic rings. The lowest BCUT2D eigenvalue weighted by Crippen LogP contribution is -2.56. The fourth-order valence-electron chi connectivity index (χ4n) is 3.03. The fraction of sp³-hybridized carbons (Fsp3) is 0.438. The van der Waals surface area contributed by atoms with Crippen LogP contribution in [-0.2, 0) is 0 Å². The summed E-state index contributed by atoms with van der Waals surface area (Å²) in [6.07, 6.45) is 5.25. The second kappa shape index (κ2) is 5.31. The first-order chi connectivity index (χ1) is 10.1. The molecule has 0 amide bonds. The monoisotopic (exact) mass is 284 g/mol. The number of rotatable bonds is 4. The number of nitrogens with zero attached hydrogens (tertiary/aromatic N) is 4. The van der Waals surface area contributed by atoms with Crippen LogP contribution in [0.3, 0.4) is 0 Å². The number of ether oxygens (including phenoxy) is 1. The van der Waals surface area contributed by atoms with Crippen LogP contribution >= 0.6 is 0 Å². The van der Waals surface area contributed by atoms with Gasteiger partial charge in [0.05, 0.1) is 12.6 Å². The summed E-state index contributed by atoms with van der Waals surface area (Å²) < 4.78 is 5.47. The zero-order valence-electron chi connectivity index (χ0n) is 12.7. The van der Waals surface area contributed by atoms with E-state index in [1.165, 1.54) is 5.56 Å². The Bertz CT molecular complexity index is 615. The molecule has 21 heavy (non-hydrogen) atoms. The molecule has 0 aromatic carbocycles. The highest BCUT2D eigenvalue weighted by Gasteiger charge is 2.47. The van der Waals surface area contributed by atoms with Crippen molar-refractivity contribution in [2.75, 3.05) is 18.1 Å². The Morgan fingerprint density at radius 1 is 1.29 bits per heavy atom. The minimum absolute atomic E-state index is 0.206. The Labute approximate surface area is 125 Å². The van der Waals surface area contributed by atoms with Crippen LogP contribution in [0.2, 0.25) is 0 Å². The molecule has 1 aliphatic heterocycles. The molecule has 0 saturated carbocycles. The van der Waals surface area contributed by atoms with E-state index in [1.54, 1.807) is 6.33 Å². The van der Waals surface area contributed by atoms with E-state index in [4.69, 9.17) is 4.74 Å². The van der Waals surface area contributed by atoms with Crippen LogP contribution in [0.25, 0.3) is 0 Å². The molecule has 0 spiro atoms. The lowest BCUT2D eigenvalue weighted by atomic mass is 9.72. The van der Waals surface area contributed by atoms with Crippen LogP contribution < -0.4 is 9.64 Å². The molecule has 5 nitrogen and oxygen atoms in total. The summed E-state index contributed by atoms with van der Waals surface area (Å²) in [5, 5.41) is 0. The first-order valence-corrected chi connectivity index (χ1v) is 7.23. The average Bonchev–Trinajstić information content (AvgIpc) is 2.47. The second-order valence-electron chi connectivity index (χ2n) is 5.95. The van der Waals surface area contributed by atoms with E-state index < -0.39 is 0 Å². The maximum absolute atomic E-state index is 5.47. The van der Waals surface area contributed by atoms with Crippen molar-refractivity contribution in [2.24, 2.45) is 5.41 Å². The summed E-state index contributed by atoms with van der Waals surface area (Å²) in [6.45, 7) is 8.07. The summed E-state index contributed by atoms with van der Waals surface area (Å²) in [5.41, 5.74) is 1.47. The highest BCUT2D eigenvalue weighted by molar-refractivity contribution is 5.49. The van der Waals surface area contributed by atoms with Crippen LogP contribution in [0.1, 0.15) is 32.4 Å². The van der Waals surface area contributed by atoms with Gasteiger partial charge in [-0.05, 0) is 24.6 Å². The van der Waals surface area contributed by atoms with Gasteiger partial charge in [-0.25, -0.2) is 9.97 Å². The summed E-state index contributed by atoms with van der Waals surface area (Å²) >= 11 is 0. The van der Waals surface area contributed by atoms with Gasteiger partial charge in [0.1, 0.15) is 12.1 Å². The van der Waals surface area contributed by atoms with Gasteiger partial charge in [0.25, 0.3) is 0 Å². The zero-order chi connectivity index (χ0) is 14.9. The molecule has 2 aromatic rings. The molecule has 3 heterocycles. The number of aromatic nitrogens is 3. The molecular weight excluding hydrogens is 264 g/mol. The lowest BCUT2D eigenvalue weighted by Gasteiger charge is -2.55. The van der Waals surface area contributed by atoms with Crippen LogP contribution in [0.15, 0.2) is 36.9 Å². The van der Waals surface area contributed by atoms with Gasteiger partial charge in [-0.15, -0.1) is 0 Å². The van der Waals surface area contributed by atoms with Crippen LogP contribution in [0.4, 0.5) is 5.82 Å². The van der Waals surface area contributed by atoms with Crippen LogP contribution in [-0.4, -0.2) is 28.1 Å². The standard InChI is InChI=1S/C16H20N4O/c1-4-21-14-9-13(18-11-19-14)20-10-16(2,3)15(20)12-5-7-17-8-6-12/h5-9,11,15H,4,10H2,1-3H3. The highest BCUT2D eigenvalue weighted by atomic mass is 16.5. The Morgan fingerprint density at radius 3 is 2.71 bits per heavy atom. The molecule has 110 valence electrons. The van der Waals surface area contributed by atoms with Crippen LogP contribution in [0, 0.1) is 5.41 Å². The SMILES string of the molecule is CCOc1cc(N2CC(C)(C)C2c2ccncc2)ncn1. The largest absolute Gasteiger partial charge is 0.478 e. The van der Waals surface area contributed by atoms with Crippen molar-refractivity contribution in [3.63, 3.8) is 0 Å². The topological polar surface area (TPSA) is 51.1 Å². The predicted molar refractivity (Wildman–Crippen MR) is 81.3 cm³/mol. The van der Waals surface area contributed by atoms with Crippen molar-refractivity contribution in [2.45, 2.75) is 26.8 Å². The van der Waals surface area contributed by atoms with Crippen molar-refractivity contribution in [1.29, 1.82) is 0 Å². The van der Waals surface area contributed by atoms with Gasteiger partial charge in [-0.1, -0.05) is 13.8 Å². The van der Waals surface area contributed by atoms with Gasteiger partial charge in [-0.2, -0.15) is 0 Å². The first kappa shape index (κ1) is 13.8. The molecule has 5 heteroatoms. The van der Waals surface area contributed by atoms with Gasteiger partial charge in [0.15, 0.2) is 0 Å². The summed E-state index contributed by atoms with van der Waals surface area (Å²) in [5.74, 6) is 1.54. The molecule has 0 radical (unpaired) electrons. The maximum Gasteiger partial charge on any atom is 0.218 e. The summed E-state index contributed by atoms with van der Waals surface area (Å²) in [4.78, 5) is 14.9. The molecule has 0 N–H and O–H groups in total. The maximum atomic E-state index is 5.47. The summed E-state index contributed by atoms with van der Waals surface area (Å²) in [6, 6.07) is 6.35. The molecule has 3 rings (SSSR count). The van der Waals surface area contributed by atoms with Crippen molar-refractivity contribution < 1.29 is 4.74 Å². The van der Waals surface area contributed by atoms with E-state index >= 15 is 0 Å². The Hall–Kier alpha value is -2.17. The third kappa shape index (κ3) is 2.55. The zero-order valence-corrected chi connectivity index (χ0v) is 12.7. The minimum Gasteiger partial charge on any atom is -0.478 e. The quantitative estimate of drug-likeness (QED) is 0.864. The number of anilines is 1. The Morgan fingerprint density at radius 2 is 2.05 bits per heavy atom. The van der Waals surface area contributed by atoms with Crippen molar-refractivity contribution in [1.82, 2.24) is 15.0 Å². The lowest BCUT2D eigenvalue weighted by molar-refractivity contribution is 0.178.